The van der Waals surface area contributed by atoms with Gasteiger partial charge in [-0.3, -0.25) is 0 Å². The van der Waals surface area contributed by atoms with Crippen molar-refractivity contribution in [2.75, 3.05) is 28.6 Å². The van der Waals surface area contributed by atoms with Crippen LogP contribution in [0.1, 0.15) is 27.2 Å². The maximum atomic E-state index is 12.5. The first-order valence-corrected chi connectivity index (χ1v) is 12.5. The lowest BCUT2D eigenvalue weighted by atomic mass is 10.2. The second-order valence-corrected chi connectivity index (χ2v) is 10.4. The van der Waals surface area contributed by atoms with Crippen molar-refractivity contribution in [1.82, 2.24) is 4.90 Å². The first kappa shape index (κ1) is 24.5. The number of amides is 3. The third-order valence-corrected chi connectivity index (χ3v) is 6.42. The van der Waals surface area contributed by atoms with Crippen molar-refractivity contribution in [3.8, 4) is 11.5 Å². The zero-order valence-electron chi connectivity index (χ0n) is 21.3. The van der Waals surface area contributed by atoms with Gasteiger partial charge >= 0.3 is 12.1 Å². The Kier molecular flexibility index (Phi) is 6.65. The van der Waals surface area contributed by atoms with E-state index in [1.807, 2.05) is 92.4 Å². The summed E-state index contributed by atoms with van der Waals surface area (Å²) in [4.78, 5) is 29.2. The largest absolute Gasteiger partial charge is 0.457 e. The molecule has 37 heavy (non-hydrogen) atoms. The summed E-state index contributed by atoms with van der Waals surface area (Å²) < 4.78 is 11.3. The van der Waals surface area contributed by atoms with Gasteiger partial charge in [0.25, 0.3) is 0 Å². The molecule has 2 heterocycles. The van der Waals surface area contributed by atoms with Crippen LogP contribution in [0, 0.1) is 0 Å². The van der Waals surface area contributed by atoms with Crippen LogP contribution in [-0.2, 0) is 4.74 Å². The van der Waals surface area contributed by atoms with Crippen LogP contribution in [0.2, 0.25) is 0 Å². The molecule has 3 aromatic rings. The highest BCUT2D eigenvalue weighted by atomic mass is 16.6. The molecule has 192 valence electrons. The Labute approximate surface area is 217 Å². The molecule has 2 atom stereocenters. The second-order valence-electron chi connectivity index (χ2n) is 10.4. The zero-order chi connectivity index (χ0) is 26.0. The molecule has 8 nitrogen and oxygen atoms in total. The van der Waals surface area contributed by atoms with E-state index in [0.717, 1.165) is 24.4 Å². The smallest absolute Gasteiger partial charge is 0.410 e. The van der Waals surface area contributed by atoms with E-state index < -0.39 is 5.60 Å². The van der Waals surface area contributed by atoms with Crippen LogP contribution in [0.15, 0.2) is 78.9 Å². The number of hydrogen-bond donors (Lipinski definition) is 2. The van der Waals surface area contributed by atoms with Crippen LogP contribution < -0.4 is 20.3 Å². The molecule has 0 aromatic heterocycles. The average Bonchev–Trinajstić information content (AvgIpc) is 3.47. The van der Waals surface area contributed by atoms with E-state index in [1.165, 1.54) is 0 Å². The second kappa shape index (κ2) is 10.0. The van der Waals surface area contributed by atoms with E-state index in [-0.39, 0.29) is 24.2 Å². The summed E-state index contributed by atoms with van der Waals surface area (Å²) in [5, 5.41) is 5.71. The number of benzene rings is 3. The third kappa shape index (κ3) is 5.97. The summed E-state index contributed by atoms with van der Waals surface area (Å²) in [5.74, 6) is 1.45. The number of nitrogens with one attached hydrogen (secondary N) is 2. The van der Waals surface area contributed by atoms with Crippen LogP contribution in [0.5, 0.6) is 11.5 Å². The van der Waals surface area contributed by atoms with E-state index in [2.05, 4.69) is 15.5 Å². The lowest BCUT2D eigenvalue weighted by molar-refractivity contribution is 0.0214. The quantitative estimate of drug-likeness (QED) is 0.428. The third-order valence-electron chi connectivity index (χ3n) is 6.42. The van der Waals surface area contributed by atoms with Crippen molar-refractivity contribution < 1.29 is 19.1 Å². The maximum Gasteiger partial charge on any atom is 0.410 e. The normalized spacial score (nSPS) is 18.5. The molecule has 0 unspecified atom stereocenters. The van der Waals surface area contributed by atoms with Gasteiger partial charge in [0.15, 0.2) is 0 Å². The number of piperazine rings is 1. The van der Waals surface area contributed by atoms with Gasteiger partial charge in [0, 0.05) is 36.2 Å². The molecule has 2 saturated heterocycles. The molecule has 0 saturated carbocycles. The SMILES string of the molecule is CC(C)(C)OC(=O)N1C[C@@H]2C[C@H]1CN2c1ccc(NC(=O)Nc2ccc(Oc3ccccc3)cc2)cc1. The molecule has 2 aliphatic heterocycles. The molecule has 2 aliphatic rings. The molecule has 2 fully saturated rings. The summed E-state index contributed by atoms with van der Waals surface area (Å²) in [6.07, 6.45) is 0.708. The van der Waals surface area contributed by atoms with Gasteiger partial charge in [0.2, 0.25) is 0 Å². The maximum absolute atomic E-state index is 12.5. The molecule has 3 amide bonds. The summed E-state index contributed by atoms with van der Waals surface area (Å²) in [7, 11) is 0. The van der Waals surface area contributed by atoms with Gasteiger partial charge in [-0.2, -0.15) is 0 Å². The van der Waals surface area contributed by atoms with E-state index >= 15 is 0 Å². The molecule has 0 aliphatic carbocycles. The fraction of sp³-hybridized carbons (Fsp3) is 0.310. The van der Waals surface area contributed by atoms with Crippen LogP contribution in [-0.4, -0.2) is 47.8 Å². The topological polar surface area (TPSA) is 83.1 Å². The number of likely N-dealkylation sites (tertiary alicyclic amines) is 1. The number of rotatable bonds is 5. The van der Waals surface area contributed by atoms with Crippen molar-refractivity contribution in [3.05, 3.63) is 78.9 Å². The monoisotopic (exact) mass is 500 g/mol. The van der Waals surface area contributed by atoms with Gasteiger partial charge < -0.3 is 29.9 Å². The molecular weight excluding hydrogens is 468 g/mol. The van der Waals surface area contributed by atoms with Crippen molar-refractivity contribution in [2.24, 2.45) is 0 Å². The standard InChI is InChI=1S/C29H32N4O4/c1-29(2,3)37-28(35)33-19-23-17-24(33)18-32(23)22-13-9-20(10-14-22)30-27(34)31-21-11-15-26(16-12-21)36-25-7-5-4-6-8-25/h4-16,23-24H,17-19H2,1-3H3,(H2,30,31,34)/t23-,24-/m0/s1. The van der Waals surface area contributed by atoms with Gasteiger partial charge in [0.1, 0.15) is 17.1 Å². The lowest BCUT2D eigenvalue weighted by Gasteiger charge is -2.36. The van der Waals surface area contributed by atoms with Crippen molar-refractivity contribution in [1.29, 1.82) is 0 Å². The number of ether oxygens (including phenoxy) is 2. The Morgan fingerprint density at radius 3 is 1.95 bits per heavy atom. The number of para-hydroxylation sites is 1. The van der Waals surface area contributed by atoms with Crippen molar-refractivity contribution in [2.45, 2.75) is 44.9 Å². The van der Waals surface area contributed by atoms with E-state index in [1.54, 1.807) is 12.1 Å². The number of carbonyl (C=O) groups excluding carboxylic acids is 2. The highest BCUT2D eigenvalue weighted by molar-refractivity contribution is 5.99. The summed E-state index contributed by atoms with van der Waals surface area (Å²) in [6.45, 7) is 7.11. The van der Waals surface area contributed by atoms with E-state index in [9.17, 15) is 9.59 Å². The molecular formula is C29H32N4O4. The summed E-state index contributed by atoms with van der Waals surface area (Å²) in [6, 6.07) is 24.7. The first-order chi connectivity index (χ1) is 17.7. The average molecular weight is 501 g/mol. The first-order valence-electron chi connectivity index (χ1n) is 12.5. The molecule has 2 N–H and O–H groups in total. The van der Waals surface area contributed by atoms with Crippen LogP contribution in [0.25, 0.3) is 0 Å². The highest BCUT2D eigenvalue weighted by Gasteiger charge is 2.46. The van der Waals surface area contributed by atoms with Crippen LogP contribution in [0.3, 0.4) is 0 Å². The fourth-order valence-corrected chi connectivity index (χ4v) is 4.79. The molecule has 2 bridgehead atoms. The highest BCUT2D eigenvalue weighted by Crippen LogP contribution is 2.35. The zero-order valence-corrected chi connectivity index (χ0v) is 21.3. The van der Waals surface area contributed by atoms with E-state index in [0.29, 0.717) is 23.7 Å². The predicted molar refractivity (Wildman–Crippen MR) is 145 cm³/mol. The minimum atomic E-state index is -0.492. The predicted octanol–water partition coefficient (Wildman–Crippen LogP) is 6.32. The molecule has 0 spiro atoms. The number of hydrogen-bond acceptors (Lipinski definition) is 5. The number of fused-ring (bicyclic) bond motifs is 2. The Hall–Kier alpha value is -4.20. The Morgan fingerprint density at radius 2 is 1.38 bits per heavy atom. The van der Waals surface area contributed by atoms with Gasteiger partial charge in [-0.15, -0.1) is 0 Å². The number of urea groups is 1. The van der Waals surface area contributed by atoms with Gasteiger partial charge in [0.05, 0.1) is 6.04 Å². The van der Waals surface area contributed by atoms with Crippen LogP contribution in [0.4, 0.5) is 26.7 Å². The Balaban J connectivity index is 1.11. The molecule has 5 rings (SSSR count). The van der Waals surface area contributed by atoms with E-state index in [4.69, 9.17) is 9.47 Å². The molecule has 8 heteroatoms. The molecule has 0 radical (unpaired) electrons. The van der Waals surface area contributed by atoms with Gasteiger partial charge in [-0.1, -0.05) is 18.2 Å². The fourth-order valence-electron chi connectivity index (χ4n) is 4.79. The minimum absolute atomic E-state index is 0.160. The van der Waals surface area contributed by atoms with Crippen molar-refractivity contribution in [3.63, 3.8) is 0 Å². The summed E-state index contributed by atoms with van der Waals surface area (Å²) in [5.41, 5.74) is 1.95. The number of carbonyl (C=O) groups is 2. The number of anilines is 3. The van der Waals surface area contributed by atoms with Crippen LogP contribution >= 0.6 is 0 Å². The minimum Gasteiger partial charge on any atom is -0.457 e. The van der Waals surface area contributed by atoms with Crippen molar-refractivity contribution >= 4 is 29.2 Å². The Morgan fingerprint density at radius 1 is 0.784 bits per heavy atom. The lowest BCUT2D eigenvalue weighted by Crippen LogP contribution is -2.50. The number of nitrogens with zero attached hydrogens (tertiary/aromatic N) is 2. The van der Waals surface area contributed by atoms with Gasteiger partial charge in [-0.05, 0) is 87.9 Å². The Bertz CT molecular complexity index is 1240. The van der Waals surface area contributed by atoms with Gasteiger partial charge in [-0.25, -0.2) is 9.59 Å². The summed E-state index contributed by atoms with van der Waals surface area (Å²) >= 11 is 0. The molecule has 3 aromatic carbocycles.